The van der Waals surface area contributed by atoms with E-state index in [1.165, 1.54) is 0 Å². The summed E-state index contributed by atoms with van der Waals surface area (Å²) >= 11 is 27.1. The van der Waals surface area contributed by atoms with Crippen molar-refractivity contribution in [2.45, 2.75) is 38.1 Å². The topological polar surface area (TPSA) is 42.0 Å². The maximum absolute atomic E-state index is 16.3. The SMILES string of the molecule is Cc1ccc([C@H]2ON(c3ccccc3)[C@@H](c3ccc(Cl)cc3Cl)[C@@H]2C(=O)[C@@H]2[C@@H](c3ccc(C)cc3)ON(c3ccccc3)[C@H]2c2ccc(Cl)cc2Cl)cc1. The fraction of sp³-hybridized carbons (Fsp3) is 0.178. The molecular weight excluding hydrogens is 758 g/mol. The molecule has 0 saturated carbocycles. The van der Waals surface area contributed by atoms with E-state index < -0.39 is 36.1 Å². The molecule has 6 atom stereocenters. The van der Waals surface area contributed by atoms with Crippen LogP contribution in [0.1, 0.15) is 57.7 Å². The predicted octanol–water partition coefficient (Wildman–Crippen LogP) is 12.9. The van der Waals surface area contributed by atoms with Crippen LogP contribution < -0.4 is 10.1 Å². The molecule has 0 unspecified atom stereocenters. The summed E-state index contributed by atoms with van der Waals surface area (Å²) < 4.78 is 0. The summed E-state index contributed by atoms with van der Waals surface area (Å²) in [6.07, 6.45) is -1.39. The van der Waals surface area contributed by atoms with Crippen molar-refractivity contribution >= 4 is 63.6 Å². The maximum atomic E-state index is 16.3. The maximum Gasteiger partial charge on any atom is 0.150 e. The highest BCUT2D eigenvalue weighted by Gasteiger charge is 2.57. The minimum Gasteiger partial charge on any atom is -0.299 e. The molecule has 2 fully saturated rings. The van der Waals surface area contributed by atoms with Crippen molar-refractivity contribution in [2.24, 2.45) is 11.8 Å². The van der Waals surface area contributed by atoms with Gasteiger partial charge in [0, 0.05) is 20.1 Å². The van der Waals surface area contributed by atoms with Gasteiger partial charge in [0.25, 0.3) is 0 Å². The molecule has 0 aromatic heterocycles. The number of para-hydroxylation sites is 2. The number of benzene rings is 6. The molecule has 2 aliphatic heterocycles. The Morgan fingerprint density at radius 3 is 1.22 bits per heavy atom. The number of ketones is 1. The van der Waals surface area contributed by atoms with Crippen LogP contribution in [0.2, 0.25) is 20.1 Å². The van der Waals surface area contributed by atoms with Gasteiger partial charge in [0.15, 0.2) is 0 Å². The van der Waals surface area contributed by atoms with Gasteiger partial charge in [0.1, 0.15) is 18.0 Å². The van der Waals surface area contributed by atoms with Crippen LogP contribution in [0.15, 0.2) is 146 Å². The molecule has 0 radical (unpaired) electrons. The lowest BCUT2D eigenvalue weighted by Crippen LogP contribution is -2.37. The lowest BCUT2D eigenvalue weighted by Gasteiger charge is -2.32. The third-order valence-corrected chi connectivity index (χ3v) is 11.5. The molecule has 0 spiro atoms. The highest BCUT2D eigenvalue weighted by Crippen LogP contribution is 2.57. The second kappa shape index (κ2) is 15.4. The molecule has 6 aromatic carbocycles. The number of halogens is 4. The van der Waals surface area contributed by atoms with Crippen LogP contribution in [0, 0.1) is 25.7 Å². The summed E-state index contributed by atoms with van der Waals surface area (Å²) in [6, 6.07) is 45.3. The lowest BCUT2D eigenvalue weighted by molar-refractivity contribution is -0.131. The van der Waals surface area contributed by atoms with Crippen LogP contribution in [0.5, 0.6) is 0 Å². The van der Waals surface area contributed by atoms with E-state index in [-0.39, 0.29) is 5.78 Å². The van der Waals surface area contributed by atoms with Gasteiger partial charge in [0.2, 0.25) is 0 Å². The molecule has 2 aliphatic rings. The standard InChI is InChI=1S/C45H36Cl4N2O3/c1-27-13-17-29(18-14-27)44-39(41(35-23-21-31(46)25-37(35)48)50(53-44)33-9-5-3-6-10-33)43(52)40-42(36-24-22-32(47)26-38(36)49)51(34-11-7-4-8-12-34)54-45(40)30-19-15-28(2)16-20-30/h3-26,39-42,44-45H,1-2H3/t39-,40-,41+,42+,44-,45-/m1/s1. The minimum atomic E-state index is -0.780. The second-order valence-corrected chi connectivity index (χ2v) is 15.6. The van der Waals surface area contributed by atoms with Crippen molar-refractivity contribution < 1.29 is 14.5 Å². The summed E-state index contributed by atoms with van der Waals surface area (Å²) in [5.41, 5.74) is 6.89. The van der Waals surface area contributed by atoms with Crippen LogP contribution >= 0.6 is 46.4 Å². The summed E-state index contributed by atoms with van der Waals surface area (Å²) in [5.74, 6) is -1.63. The number of aryl methyl sites for hydroxylation is 2. The van der Waals surface area contributed by atoms with Crippen LogP contribution in [0.3, 0.4) is 0 Å². The molecule has 0 amide bonds. The van der Waals surface area contributed by atoms with E-state index in [0.29, 0.717) is 31.2 Å². The number of hydrogen-bond donors (Lipinski definition) is 0. The molecular formula is C45H36Cl4N2O3. The van der Waals surface area contributed by atoms with Gasteiger partial charge in [-0.1, -0.05) is 155 Å². The highest BCUT2D eigenvalue weighted by molar-refractivity contribution is 6.35. The Bertz CT molecular complexity index is 2110. The van der Waals surface area contributed by atoms with Gasteiger partial charge in [-0.3, -0.25) is 14.5 Å². The third kappa shape index (κ3) is 7.01. The molecule has 0 bridgehead atoms. The number of rotatable bonds is 8. The fourth-order valence-electron chi connectivity index (χ4n) is 7.73. The Kier molecular flexibility index (Phi) is 10.5. The van der Waals surface area contributed by atoms with Crippen molar-refractivity contribution in [3.63, 3.8) is 0 Å². The summed E-state index contributed by atoms with van der Waals surface area (Å²) in [7, 11) is 0. The Morgan fingerprint density at radius 2 is 0.870 bits per heavy atom. The number of anilines is 2. The van der Waals surface area contributed by atoms with E-state index in [0.717, 1.165) is 33.6 Å². The van der Waals surface area contributed by atoms with E-state index in [1.807, 2.05) is 145 Å². The Morgan fingerprint density at radius 1 is 0.500 bits per heavy atom. The minimum absolute atomic E-state index is 0.0740. The molecule has 272 valence electrons. The van der Waals surface area contributed by atoms with Crippen LogP contribution in [0.4, 0.5) is 11.4 Å². The number of carbonyl (C=O) groups excluding carboxylic acids is 1. The summed E-state index contributed by atoms with van der Waals surface area (Å²) in [5, 5.41) is 5.51. The number of hydrogen-bond acceptors (Lipinski definition) is 5. The molecule has 8 rings (SSSR count). The van der Waals surface area contributed by atoms with Gasteiger partial charge in [0.05, 0.1) is 35.3 Å². The van der Waals surface area contributed by atoms with E-state index >= 15 is 4.79 Å². The van der Waals surface area contributed by atoms with E-state index in [4.69, 9.17) is 56.1 Å². The van der Waals surface area contributed by atoms with Crippen molar-refractivity contribution in [3.05, 3.63) is 199 Å². The van der Waals surface area contributed by atoms with Crippen molar-refractivity contribution in [1.82, 2.24) is 0 Å². The van der Waals surface area contributed by atoms with Gasteiger partial charge in [-0.25, -0.2) is 10.1 Å². The number of carbonyl (C=O) groups is 1. The van der Waals surface area contributed by atoms with Crippen LogP contribution in [-0.4, -0.2) is 5.78 Å². The normalized spacial score (nSPS) is 22.5. The number of hydroxylamine groups is 2. The Labute approximate surface area is 335 Å². The molecule has 54 heavy (non-hydrogen) atoms. The quantitative estimate of drug-likeness (QED) is 0.154. The van der Waals surface area contributed by atoms with Crippen LogP contribution in [0.25, 0.3) is 0 Å². The predicted molar refractivity (Wildman–Crippen MR) is 218 cm³/mol. The van der Waals surface area contributed by atoms with Gasteiger partial charge in [-0.2, -0.15) is 0 Å². The Balaban J connectivity index is 1.37. The molecule has 0 N–H and O–H groups in total. The first kappa shape index (κ1) is 36.6. The van der Waals surface area contributed by atoms with Crippen molar-refractivity contribution in [2.75, 3.05) is 10.1 Å². The zero-order valence-electron chi connectivity index (χ0n) is 29.5. The van der Waals surface area contributed by atoms with E-state index in [1.54, 1.807) is 24.3 Å². The summed E-state index contributed by atoms with van der Waals surface area (Å²) in [4.78, 5) is 30.3. The summed E-state index contributed by atoms with van der Waals surface area (Å²) in [6.45, 7) is 4.07. The van der Waals surface area contributed by atoms with Gasteiger partial charge < -0.3 is 0 Å². The highest BCUT2D eigenvalue weighted by atomic mass is 35.5. The first-order valence-electron chi connectivity index (χ1n) is 17.8. The second-order valence-electron chi connectivity index (χ2n) is 13.9. The smallest absolute Gasteiger partial charge is 0.150 e. The van der Waals surface area contributed by atoms with Crippen molar-refractivity contribution in [1.29, 1.82) is 0 Å². The molecule has 5 nitrogen and oxygen atoms in total. The van der Waals surface area contributed by atoms with Crippen molar-refractivity contribution in [3.8, 4) is 0 Å². The first-order valence-corrected chi connectivity index (χ1v) is 19.3. The largest absolute Gasteiger partial charge is 0.299 e. The zero-order valence-corrected chi connectivity index (χ0v) is 32.5. The molecule has 2 heterocycles. The average Bonchev–Trinajstić information content (AvgIpc) is 3.76. The molecule has 6 aromatic rings. The number of Topliss-reactive ketones (excluding diaryl/α,β-unsaturated/α-hetero) is 1. The number of nitrogens with zero attached hydrogens (tertiary/aromatic N) is 2. The van der Waals surface area contributed by atoms with E-state index in [9.17, 15) is 0 Å². The third-order valence-electron chi connectivity index (χ3n) is 10.3. The first-order chi connectivity index (χ1) is 26.2. The monoisotopic (exact) mass is 792 g/mol. The van der Waals surface area contributed by atoms with Gasteiger partial charge in [-0.15, -0.1) is 0 Å². The zero-order chi connectivity index (χ0) is 37.5. The molecule has 2 saturated heterocycles. The average molecular weight is 795 g/mol. The van der Waals surface area contributed by atoms with Crippen LogP contribution in [-0.2, 0) is 14.5 Å². The molecule has 0 aliphatic carbocycles. The lowest BCUT2D eigenvalue weighted by atomic mass is 9.73. The van der Waals surface area contributed by atoms with Gasteiger partial charge >= 0.3 is 0 Å². The van der Waals surface area contributed by atoms with Gasteiger partial charge in [-0.05, 0) is 84.6 Å². The fourth-order valence-corrected chi connectivity index (χ4v) is 8.77. The molecule has 9 heteroatoms. The Hall–Kier alpha value is -4.33. The van der Waals surface area contributed by atoms with E-state index in [2.05, 4.69) is 0 Å².